The minimum absolute atomic E-state index is 0.100. The van der Waals surface area contributed by atoms with Crippen molar-refractivity contribution < 1.29 is 13.2 Å². The van der Waals surface area contributed by atoms with E-state index in [0.29, 0.717) is 0 Å². The van der Waals surface area contributed by atoms with Crippen molar-refractivity contribution in [2.45, 2.75) is 37.7 Å². The number of benzene rings is 1. The fourth-order valence-corrected chi connectivity index (χ4v) is 3.60. The molecule has 1 aromatic carbocycles. The van der Waals surface area contributed by atoms with E-state index < -0.39 is 11.7 Å². The molecule has 0 spiro atoms. The second-order valence-electron chi connectivity index (χ2n) is 5.89. The van der Waals surface area contributed by atoms with Gasteiger partial charge >= 0.3 is 6.18 Å². The molecule has 1 aliphatic heterocycles. The van der Waals surface area contributed by atoms with Gasteiger partial charge in [0.1, 0.15) is 0 Å². The molecular weight excluding hydrogens is 297 g/mol. The van der Waals surface area contributed by atoms with Gasteiger partial charge in [0, 0.05) is 35.8 Å². The van der Waals surface area contributed by atoms with Crippen LogP contribution in [0.3, 0.4) is 0 Å². The maximum absolute atomic E-state index is 12.9. The molecule has 0 aromatic heterocycles. The normalized spacial score (nSPS) is 19.4. The van der Waals surface area contributed by atoms with Crippen LogP contribution in [0.1, 0.15) is 31.4 Å². The largest absolute Gasteiger partial charge is 0.416 e. The molecule has 21 heavy (non-hydrogen) atoms. The third-order valence-corrected chi connectivity index (χ3v) is 5.19. The highest BCUT2D eigenvalue weighted by Gasteiger charge is 2.33. The summed E-state index contributed by atoms with van der Waals surface area (Å²) >= 11 is 1.91. The van der Waals surface area contributed by atoms with Crippen LogP contribution in [0.25, 0.3) is 0 Å². The van der Waals surface area contributed by atoms with Crippen LogP contribution in [-0.4, -0.2) is 23.6 Å². The van der Waals surface area contributed by atoms with Crippen LogP contribution in [0.4, 0.5) is 18.9 Å². The molecule has 2 nitrogen and oxygen atoms in total. The van der Waals surface area contributed by atoms with Crippen molar-refractivity contribution in [2.75, 3.05) is 23.7 Å². The van der Waals surface area contributed by atoms with Crippen molar-refractivity contribution in [1.29, 1.82) is 0 Å². The molecule has 1 fully saturated rings. The van der Waals surface area contributed by atoms with E-state index in [0.717, 1.165) is 37.0 Å². The van der Waals surface area contributed by atoms with E-state index in [2.05, 4.69) is 18.7 Å². The predicted octanol–water partition coefficient (Wildman–Crippen LogP) is 3.89. The van der Waals surface area contributed by atoms with E-state index in [9.17, 15) is 13.2 Å². The Morgan fingerprint density at radius 3 is 2.62 bits per heavy atom. The van der Waals surface area contributed by atoms with Crippen LogP contribution in [0.5, 0.6) is 0 Å². The standard InChI is InChI=1S/C15H21F3N2S/c1-14(2)5-6-20(7-8-21-14)12-3-4-13(15(16,17)18)11(9-12)10-19/h3-4,9H,5-8,10,19H2,1-2H3. The van der Waals surface area contributed by atoms with Gasteiger partial charge in [0.15, 0.2) is 0 Å². The van der Waals surface area contributed by atoms with Gasteiger partial charge in [-0.2, -0.15) is 24.9 Å². The molecule has 2 rings (SSSR count). The number of hydrogen-bond donors (Lipinski definition) is 1. The molecule has 1 aromatic rings. The summed E-state index contributed by atoms with van der Waals surface area (Å²) in [6.07, 6.45) is -3.33. The van der Waals surface area contributed by atoms with Crippen molar-refractivity contribution >= 4 is 17.4 Å². The van der Waals surface area contributed by atoms with Crippen molar-refractivity contribution in [3.05, 3.63) is 29.3 Å². The summed E-state index contributed by atoms with van der Waals surface area (Å²) in [5.41, 5.74) is 5.87. The van der Waals surface area contributed by atoms with Gasteiger partial charge < -0.3 is 10.6 Å². The fourth-order valence-electron chi connectivity index (χ4n) is 2.50. The third kappa shape index (κ3) is 4.07. The summed E-state index contributed by atoms with van der Waals surface area (Å²) in [6, 6.07) is 4.30. The third-order valence-electron chi connectivity index (χ3n) is 3.82. The van der Waals surface area contributed by atoms with Crippen LogP contribution >= 0.6 is 11.8 Å². The molecule has 6 heteroatoms. The molecule has 0 atom stereocenters. The summed E-state index contributed by atoms with van der Waals surface area (Å²) in [5.74, 6) is 0.978. The highest BCUT2D eigenvalue weighted by Crippen LogP contribution is 2.36. The average molecular weight is 318 g/mol. The van der Waals surface area contributed by atoms with Crippen LogP contribution < -0.4 is 10.6 Å². The van der Waals surface area contributed by atoms with Gasteiger partial charge in [0.2, 0.25) is 0 Å². The van der Waals surface area contributed by atoms with Crippen molar-refractivity contribution in [3.8, 4) is 0 Å². The zero-order chi connectivity index (χ0) is 15.7. The number of halogens is 3. The lowest BCUT2D eigenvalue weighted by Gasteiger charge is -2.25. The first-order valence-electron chi connectivity index (χ1n) is 7.02. The van der Waals surface area contributed by atoms with E-state index in [4.69, 9.17) is 5.73 Å². The molecule has 118 valence electrons. The minimum atomic E-state index is -4.34. The molecule has 0 unspecified atom stereocenters. The number of thioether (sulfide) groups is 1. The van der Waals surface area contributed by atoms with Gasteiger partial charge in [-0.05, 0) is 30.2 Å². The van der Waals surface area contributed by atoms with Crippen molar-refractivity contribution in [2.24, 2.45) is 5.73 Å². The highest BCUT2D eigenvalue weighted by molar-refractivity contribution is 8.00. The SMILES string of the molecule is CC1(C)CCN(c2ccc(C(F)(F)F)c(CN)c2)CCS1. The fraction of sp³-hybridized carbons (Fsp3) is 0.600. The second kappa shape index (κ2) is 6.08. The number of nitrogens with zero attached hydrogens (tertiary/aromatic N) is 1. The minimum Gasteiger partial charge on any atom is -0.371 e. The number of nitrogens with two attached hydrogens (primary N) is 1. The molecule has 0 amide bonds. The Labute approximate surface area is 127 Å². The lowest BCUT2D eigenvalue weighted by molar-refractivity contribution is -0.138. The first-order valence-corrected chi connectivity index (χ1v) is 8.00. The molecular formula is C15H21F3N2S. The van der Waals surface area contributed by atoms with Gasteiger partial charge in [0.25, 0.3) is 0 Å². The smallest absolute Gasteiger partial charge is 0.371 e. The number of alkyl halides is 3. The van der Waals surface area contributed by atoms with Gasteiger partial charge in [-0.3, -0.25) is 0 Å². The summed E-state index contributed by atoms with van der Waals surface area (Å²) in [6.45, 7) is 6.02. The lowest BCUT2D eigenvalue weighted by Crippen LogP contribution is -2.27. The Balaban J connectivity index is 2.25. The highest BCUT2D eigenvalue weighted by atomic mass is 32.2. The van der Waals surface area contributed by atoms with E-state index in [-0.39, 0.29) is 16.9 Å². The van der Waals surface area contributed by atoms with E-state index in [1.807, 2.05) is 11.8 Å². The van der Waals surface area contributed by atoms with Crippen molar-refractivity contribution in [1.82, 2.24) is 0 Å². The molecule has 1 aliphatic rings. The Hall–Kier alpha value is -0.880. The molecule has 0 aliphatic carbocycles. The van der Waals surface area contributed by atoms with Crippen LogP contribution in [-0.2, 0) is 12.7 Å². The van der Waals surface area contributed by atoms with Crippen LogP contribution in [0.2, 0.25) is 0 Å². The zero-order valence-corrected chi connectivity index (χ0v) is 13.2. The van der Waals surface area contributed by atoms with E-state index in [1.165, 1.54) is 0 Å². The number of anilines is 1. The van der Waals surface area contributed by atoms with Gasteiger partial charge in [0.05, 0.1) is 5.56 Å². The number of rotatable bonds is 2. The Bertz CT molecular complexity index is 500. The monoisotopic (exact) mass is 318 g/mol. The lowest BCUT2D eigenvalue weighted by atomic mass is 10.0. The molecule has 2 N–H and O–H groups in total. The first-order chi connectivity index (χ1) is 9.73. The first kappa shape index (κ1) is 16.5. The molecule has 0 radical (unpaired) electrons. The molecule has 1 heterocycles. The summed E-state index contributed by atoms with van der Waals surface area (Å²) in [5, 5.41) is 0. The molecule has 0 bridgehead atoms. The van der Waals surface area contributed by atoms with E-state index >= 15 is 0 Å². The summed E-state index contributed by atoms with van der Waals surface area (Å²) in [4.78, 5) is 2.15. The topological polar surface area (TPSA) is 29.3 Å². The van der Waals surface area contributed by atoms with Gasteiger partial charge in [-0.15, -0.1) is 0 Å². The summed E-state index contributed by atoms with van der Waals surface area (Å²) < 4.78 is 38.9. The predicted molar refractivity (Wildman–Crippen MR) is 82.7 cm³/mol. The Morgan fingerprint density at radius 2 is 2.00 bits per heavy atom. The number of hydrogen-bond acceptors (Lipinski definition) is 3. The Kier molecular flexibility index (Phi) is 4.78. The quantitative estimate of drug-likeness (QED) is 0.897. The molecule has 1 saturated heterocycles. The van der Waals surface area contributed by atoms with Crippen LogP contribution in [0.15, 0.2) is 18.2 Å². The van der Waals surface area contributed by atoms with Crippen LogP contribution in [0, 0.1) is 0 Å². The Morgan fingerprint density at radius 1 is 1.29 bits per heavy atom. The van der Waals surface area contributed by atoms with Gasteiger partial charge in [-0.1, -0.05) is 13.8 Å². The van der Waals surface area contributed by atoms with E-state index in [1.54, 1.807) is 12.1 Å². The summed E-state index contributed by atoms with van der Waals surface area (Å²) in [7, 11) is 0. The zero-order valence-electron chi connectivity index (χ0n) is 12.3. The molecule has 0 saturated carbocycles. The maximum atomic E-state index is 12.9. The van der Waals surface area contributed by atoms with Crippen molar-refractivity contribution in [3.63, 3.8) is 0 Å². The average Bonchev–Trinajstić information content (AvgIpc) is 2.58. The van der Waals surface area contributed by atoms with Gasteiger partial charge in [-0.25, -0.2) is 0 Å². The second-order valence-corrected chi connectivity index (χ2v) is 7.69. The maximum Gasteiger partial charge on any atom is 0.416 e.